The maximum Gasteiger partial charge on any atom is 0.307 e. The predicted octanol–water partition coefficient (Wildman–Crippen LogP) is 2.02. The fourth-order valence-electron chi connectivity index (χ4n) is 0.953. The van der Waals surface area contributed by atoms with Crippen molar-refractivity contribution in [3.8, 4) is 5.75 Å². The van der Waals surface area contributed by atoms with Crippen LogP contribution < -0.4 is 0 Å². The third kappa shape index (κ3) is 2.58. The number of phenols is 1. The van der Waals surface area contributed by atoms with Crippen LogP contribution in [0.15, 0.2) is 24.3 Å². The van der Waals surface area contributed by atoms with E-state index in [0.29, 0.717) is 0 Å². The monoisotopic (exact) mass is 196 g/mol. The van der Waals surface area contributed by atoms with Crippen LogP contribution >= 0.6 is 0 Å². The van der Waals surface area contributed by atoms with E-state index in [1.807, 2.05) is 0 Å². The summed E-state index contributed by atoms with van der Waals surface area (Å²) in [6.45, 7) is 0. The summed E-state index contributed by atoms with van der Waals surface area (Å²) < 4.78 is 13.1. The van der Waals surface area contributed by atoms with Gasteiger partial charge < -0.3 is 10.2 Å². The second kappa shape index (κ2) is 4.41. The van der Waals surface area contributed by atoms with Gasteiger partial charge in [-0.05, 0) is 6.07 Å². The van der Waals surface area contributed by atoms with Crippen molar-refractivity contribution in [1.82, 2.24) is 0 Å². The zero-order chi connectivity index (χ0) is 10.6. The van der Waals surface area contributed by atoms with Gasteiger partial charge in [-0.2, -0.15) is 0 Å². The van der Waals surface area contributed by atoms with Crippen LogP contribution in [-0.4, -0.2) is 16.2 Å². The van der Waals surface area contributed by atoms with Crippen LogP contribution in [0, 0.1) is 5.82 Å². The molecule has 74 valence electrons. The third-order valence-electron chi connectivity index (χ3n) is 1.60. The van der Waals surface area contributed by atoms with Crippen molar-refractivity contribution in [3.63, 3.8) is 0 Å². The Labute approximate surface area is 80.1 Å². The fourth-order valence-corrected chi connectivity index (χ4v) is 0.953. The molecule has 0 saturated carbocycles. The Bertz CT molecular complexity index is 372. The molecule has 14 heavy (non-hydrogen) atoms. The molecular formula is C10H9FO3. The molecule has 0 saturated heterocycles. The number of halogens is 1. The highest BCUT2D eigenvalue weighted by Gasteiger charge is 2.03. The van der Waals surface area contributed by atoms with Crippen molar-refractivity contribution in [2.24, 2.45) is 0 Å². The number of aromatic hydroxyl groups is 1. The first-order chi connectivity index (χ1) is 6.61. The molecule has 0 bridgehead atoms. The van der Waals surface area contributed by atoms with Gasteiger partial charge >= 0.3 is 5.97 Å². The molecular weight excluding hydrogens is 187 g/mol. The molecule has 0 atom stereocenters. The fraction of sp³-hybridized carbons (Fsp3) is 0.100. The molecule has 2 N–H and O–H groups in total. The molecule has 1 aromatic carbocycles. The third-order valence-corrected chi connectivity index (χ3v) is 1.60. The Morgan fingerprint density at radius 3 is 2.86 bits per heavy atom. The van der Waals surface area contributed by atoms with Gasteiger partial charge in [0.05, 0.1) is 6.42 Å². The van der Waals surface area contributed by atoms with Gasteiger partial charge in [0.2, 0.25) is 0 Å². The standard InChI is InChI=1S/C10H9FO3/c11-10-7(3-1-5-8(10)12)4-2-6-9(13)14/h1-5,12H,6H2,(H,13,14). The molecule has 0 radical (unpaired) electrons. The molecule has 0 aliphatic heterocycles. The Balaban J connectivity index is 2.81. The van der Waals surface area contributed by atoms with Crippen molar-refractivity contribution in [3.05, 3.63) is 35.7 Å². The Kier molecular flexibility index (Phi) is 3.23. The molecule has 0 aromatic heterocycles. The highest BCUT2D eigenvalue weighted by molar-refractivity contribution is 5.70. The van der Waals surface area contributed by atoms with Crippen LogP contribution in [0.25, 0.3) is 6.08 Å². The first kappa shape index (κ1) is 10.2. The summed E-state index contributed by atoms with van der Waals surface area (Å²) >= 11 is 0. The Hall–Kier alpha value is -1.84. The minimum atomic E-state index is -0.984. The minimum Gasteiger partial charge on any atom is -0.505 e. The Morgan fingerprint density at radius 2 is 2.21 bits per heavy atom. The van der Waals surface area contributed by atoms with E-state index in [0.717, 1.165) is 0 Å². The number of benzene rings is 1. The first-order valence-corrected chi connectivity index (χ1v) is 3.97. The lowest BCUT2D eigenvalue weighted by Gasteiger charge is -1.98. The lowest BCUT2D eigenvalue weighted by atomic mass is 10.2. The number of phenolic OH excluding ortho intramolecular Hbond substituents is 1. The van der Waals surface area contributed by atoms with E-state index in [1.54, 1.807) is 0 Å². The maximum absolute atomic E-state index is 13.1. The highest BCUT2D eigenvalue weighted by Crippen LogP contribution is 2.19. The average Bonchev–Trinajstić information content (AvgIpc) is 2.12. The second-order valence-corrected chi connectivity index (χ2v) is 2.68. The van der Waals surface area contributed by atoms with Gasteiger partial charge in [0.1, 0.15) is 0 Å². The summed E-state index contributed by atoms with van der Waals surface area (Å²) in [5, 5.41) is 17.3. The van der Waals surface area contributed by atoms with Gasteiger partial charge in [-0.25, -0.2) is 4.39 Å². The predicted molar refractivity (Wildman–Crippen MR) is 49.4 cm³/mol. The zero-order valence-electron chi connectivity index (χ0n) is 7.27. The molecule has 1 rings (SSSR count). The number of aliphatic carboxylic acids is 1. The van der Waals surface area contributed by atoms with Crippen molar-refractivity contribution in [2.75, 3.05) is 0 Å². The van der Waals surface area contributed by atoms with E-state index in [9.17, 15) is 9.18 Å². The van der Waals surface area contributed by atoms with Crippen LogP contribution in [0.3, 0.4) is 0 Å². The molecule has 0 fully saturated rings. The number of rotatable bonds is 3. The summed E-state index contributed by atoms with van der Waals surface area (Å²) in [4.78, 5) is 10.1. The molecule has 1 aromatic rings. The van der Waals surface area contributed by atoms with E-state index in [1.165, 1.54) is 30.4 Å². The number of hydrogen-bond acceptors (Lipinski definition) is 2. The molecule has 0 spiro atoms. The van der Waals surface area contributed by atoms with Gasteiger partial charge in [0.25, 0.3) is 0 Å². The lowest BCUT2D eigenvalue weighted by Crippen LogP contribution is -1.90. The van der Waals surface area contributed by atoms with E-state index in [4.69, 9.17) is 10.2 Å². The smallest absolute Gasteiger partial charge is 0.307 e. The topological polar surface area (TPSA) is 57.5 Å². The summed E-state index contributed by atoms with van der Waals surface area (Å²) in [7, 11) is 0. The van der Waals surface area contributed by atoms with Gasteiger partial charge in [-0.15, -0.1) is 0 Å². The van der Waals surface area contributed by atoms with E-state index in [-0.39, 0.29) is 12.0 Å². The van der Waals surface area contributed by atoms with E-state index in [2.05, 4.69) is 0 Å². The quantitative estimate of drug-likeness (QED) is 0.777. The van der Waals surface area contributed by atoms with Gasteiger partial charge in [0, 0.05) is 5.56 Å². The summed E-state index contributed by atoms with van der Waals surface area (Å²) in [5.74, 6) is -2.17. The first-order valence-electron chi connectivity index (χ1n) is 3.97. The van der Waals surface area contributed by atoms with Crippen molar-refractivity contribution in [2.45, 2.75) is 6.42 Å². The van der Waals surface area contributed by atoms with E-state index < -0.39 is 17.5 Å². The van der Waals surface area contributed by atoms with Gasteiger partial charge in [0.15, 0.2) is 11.6 Å². The molecule has 4 heteroatoms. The largest absolute Gasteiger partial charge is 0.505 e. The SMILES string of the molecule is O=C(O)CC=Cc1cccc(O)c1F. The molecule has 3 nitrogen and oxygen atoms in total. The van der Waals surface area contributed by atoms with Crippen molar-refractivity contribution in [1.29, 1.82) is 0 Å². The Morgan fingerprint density at radius 1 is 1.50 bits per heavy atom. The molecule has 0 heterocycles. The summed E-state index contributed by atoms with van der Waals surface area (Å²) in [6.07, 6.45) is 2.47. The van der Waals surface area contributed by atoms with Crippen LogP contribution in [0.4, 0.5) is 4.39 Å². The second-order valence-electron chi connectivity index (χ2n) is 2.68. The van der Waals surface area contributed by atoms with Crippen molar-refractivity contribution >= 4 is 12.0 Å². The number of carbonyl (C=O) groups is 1. The highest BCUT2D eigenvalue weighted by atomic mass is 19.1. The number of hydrogen-bond donors (Lipinski definition) is 2. The average molecular weight is 196 g/mol. The van der Waals surface area contributed by atoms with Crippen LogP contribution in [-0.2, 0) is 4.79 Å². The van der Waals surface area contributed by atoms with Crippen molar-refractivity contribution < 1.29 is 19.4 Å². The summed E-state index contributed by atoms with van der Waals surface area (Å²) in [5.41, 5.74) is 0.172. The van der Waals surface area contributed by atoms with Gasteiger partial charge in [-0.3, -0.25) is 4.79 Å². The molecule has 0 unspecified atom stereocenters. The molecule has 0 amide bonds. The normalized spacial score (nSPS) is 10.6. The number of carboxylic acid groups (broad SMARTS) is 1. The van der Waals surface area contributed by atoms with Crippen LogP contribution in [0.1, 0.15) is 12.0 Å². The maximum atomic E-state index is 13.1. The van der Waals surface area contributed by atoms with E-state index >= 15 is 0 Å². The molecule has 0 aliphatic carbocycles. The zero-order valence-corrected chi connectivity index (χ0v) is 7.27. The van der Waals surface area contributed by atoms with Crippen LogP contribution in [0.5, 0.6) is 5.75 Å². The summed E-state index contributed by atoms with van der Waals surface area (Å²) in [6, 6.07) is 4.16. The van der Waals surface area contributed by atoms with Gasteiger partial charge in [-0.1, -0.05) is 24.3 Å². The lowest BCUT2D eigenvalue weighted by molar-refractivity contribution is -0.135. The number of carboxylic acids is 1. The van der Waals surface area contributed by atoms with Crippen LogP contribution in [0.2, 0.25) is 0 Å². The minimum absolute atomic E-state index is 0.172. The molecule has 0 aliphatic rings.